The van der Waals surface area contributed by atoms with Crippen molar-refractivity contribution in [3.05, 3.63) is 29.3 Å². The van der Waals surface area contributed by atoms with Crippen LogP contribution in [0.2, 0.25) is 0 Å². The van der Waals surface area contributed by atoms with E-state index >= 15 is 0 Å². The number of halogens is 7. The molecule has 0 amide bonds. The summed E-state index contributed by atoms with van der Waals surface area (Å²) >= 11 is 0. The van der Waals surface area contributed by atoms with Gasteiger partial charge in [0.05, 0.1) is 16.6 Å². The maximum absolute atomic E-state index is 13.1. The fourth-order valence-corrected chi connectivity index (χ4v) is 1.38. The average molecular weight is 272 g/mol. The van der Waals surface area contributed by atoms with Crippen molar-refractivity contribution in [2.75, 3.05) is 0 Å². The van der Waals surface area contributed by atoms with E-state index in [1.54, 1.807) is 4.98 Å². The van der Waals surface area contributed by atoms with Crippen LogP contribution >= 0.6 is 0 Å². The van der Waals surface area contributed by atoms with Gasteiger partial charge in [0.1, 0.15) is 5.82 Å². The highest BCUT2D eigenvalue weighted by atomic mass is 19.4. The molecule has 0 aliphatic heterocycles. The number of imidazole rings is 1. The Balaban J connectivity index is 2.65. The van der Waals surface area contributed by atoms with Crippen molar-refractivity contribution >= 4 is 11.0 Å². The number of nitrogens with one attached hydrogen (secondary N) is 1. The number of H-pyrrole nitrogens is 1. The number of nitrogens with zero attached hydrogens (tertiary/aromatic N) is 1. The second-order valence-corrected chi connectivity index (χ2v) is 3.43. The number of aromatic nitrogens is 2. The third kappa shape index (κ3) is 2.12. The highest BCUT2D eigenvalue weighted by Gasteiger charge is 2.37. The normalized spacial score (nSPS) is 13.3. The number of rotatable bonds is 0. The van der Waals surface area contributed by atoms with Gasteiger partial charge in [0.2, 0.25) is 5.82 Å². The molecule has 0 saturated heterocycles. The van der Waals surface area contributed by atoms with Crippen LogP contribution in [-0.2, 0) is 12.4 Å². The van der Waals surface area contributed by atoms with Crippen LogP contribution in [0, 0.1) is 5.82 Å². The molecular formula is C9H3F7N2. The Morgan fingerprint density at radius 2 is 1.56 bits per heavy atom. The summed E-state index contributed by atoms with van der Waals surface area (Å²) in [6, 6.07) is 0.566. The summed E-state index contributed by atoms with van der Waals surface area (Å²) < 4.78 is 86.8. The number of hydrogen-bond acceptors (Lipinski definition) is 1. The van der Waals surface area contributed by atoms with E-state index in [1.807, 2.05) is 0 Å². The van der Waals surface area contributed by atoms with E-state index in [9.17, 15) is 30.7 Å². The highest BCUT2D eigenvalue weighted by Crippen LogP contribution is 2.35. The van der Waals surface area contributed by atoms with Crippen LogP contribution in [0.25, 0.3) is 11.0 Å². The van der Waals surface area contributed by atoms with E-state index < -0.39 is 40.6 Å². The topological polar surface area (TPSA) is 28.7 Å². The first kappa shape index (κ1) is 12.7. The number of hydrogen-bond donors (Lipinski definition) is 1. The first-order chi connectivity index (χ1) is 8.09. The minimum Gasteiger partial charge on any atom is -0.334 e. The van der Waals surface area contributed by atoms with Crippen LogP contribution in [0.1, 0.15) is 11.4 Å². The second kappa shape index (κ2) is 3.59. The van der Waals surface area contributed by atoms with Crippen LogP contribution in [0.15, 0.2) is 12.1 Å². The van der Waals surface area contributed by atoms with Gasteiger partial charge in [-0.3, -0.25) is 0 Å². The van der Waals surface area contributed by atoms with Crippen molar-refractivity contribution in [1.82, 2.24) is 9.97 Å². The second-order valence-electron chi connectivity index (χ2n) is 3.43. The van der Waals surface area contributed by atoms with E-state index in [0.717, 1.165) is 0 Å². The van der Waals surface area contributed by atoms with Crippen LogP contribution in [0.3, 0.4) is 0 Å². The maximum Gasteiger partial charge on any atom is 0.449 e. The molecule has 1 heterocycles. The Bertz CT molecular complexity index is 593. The molecule has 0 saturated carbocycles. The predicted octanol–water partition coefficient (Wildman–Crippen LogP) is 3.74. The summed E-state index contributed by atoms with van der Waals surface area (Å²) in [5.74, 6) is -3.15. The van der Waals surface area contributed by atoms with Gasteiger partial charge in [0, 0.05) is 6.07 Å². The Morgan fingerprint density at radius 3 is 2.06 bits per heavy atom. The largest absolute Gasteiger partial charge is 0.449 e. The van der Waals surface area contributed by atoms with Gasteiger partial charge < -0.3 is 4.98 Å². The molecule has 1 aromatic carbocycles. The van der Waals surface area contributed by atoms with Crippen LogP contribution in [0.5, 0.6) is 0 Å². The number of aromatic amines is 1. The lowest BCUT2D eigenvalue weighted by Gasteiger charge is -2.06. The Kier molecular flexibility index (Phi) is 2.53. The van der Waals surface area contributed by atoms with E-state index in [-0.39, 0.29) is 6.07 Å². The van der Waals surface area contributed by atoms with Crippen molar-refractivity contribution in [2.24, 2.45) is 0 Å². The number of benzene rings is 1. The van der Waals surface area contributed by atoms with Crippen molar-refractivity contribution in [1.29, 1.82) is 0 Å². The van der Waals surface area contributed by atoms with Gasteiger partial charge in [-0.15, -0.1) is 0 Å². The molecule has 0 aliphatic carbocycles. The van der Waals surface area contributed by atoms with Crippen LogP contribution in [0.4, 0.5) is 30.7 Å². The fourth-order valence-electron chi connectivity index (χ4n) is 1.38. The molecule has 1 aromatic heterocycles. The lowest BCUT2D eigenvalue weighted by molar-refractivity contribution is -0.144. The third-order valence-electron chi connectivity index (χ3n) is 2.14. The minimum atomic E-state index is -4.98. The summed E-state index contributed by atoms with van der Waals surface area (Å²) in [6.07, 6.45) is -9.82. The van der Waals surface area contributed by atoms with E-state index in [1.165, 1.54) is 0 Å². The van der Waals surface area contributed by atoms with Crippen molar-refractivity contribution < 1.29 is 30.7 Å². The maximum atomic E-state index is 13.1. The first-order valence-electron chi connectivity index (χ1n) is 4.42. The van der Waals surface area contributed by atoms with Crippen molar-refractivity contribution in [3.8, 4) is 0 Å². The summed E-state index contributed by atoms with van der Waals surface area (Å²) in [5, 5.41) is 0. The molecule has 0 aliphatic rings. The standard InChI is InChI=1S/C9H3F7N2/c10-4-2-6-5(1-3(4)8(11,12)13)17-7(18-6)9(14,15)16/h1-2H,(H,17,18). The third-order valence-corrected chi connectivity index (χ3v) is 2.14. The smallest absolute Gasteiger partial charge is 0.334 e. The summed E-state index contributed by atoms with van der Waals surface area (Å²) in [5.41, 5.74) is -2.70. The van der Waals surface area contributed by atoms with E-state index in [0.29, 0.717) is 6.07 Å². The van der Waals surface area contributed by atoms with Gasteiger partial charge >= 0.3 is 12.4 Å². The predicted molar refractivity (Wildman–Crippen MR) is 46.1 cm³/mol. The van der Waals surface area contributed by atoms with E-state index in [4.69, 9.17) is 0 Å². The molecule has 2 nitrogen and oxygen atoms in total. The lowest BCUT2D eigenvalue weighted by Crippen LogP contribution is -2.07. The average Bonchev–Trinajstić information content (AvgIpc) is 2.56. The van der Waals surface area contributed by atoms with Crippen LogP contribution in [-0.4, -0.2) is 9.97 Å². The molecule has 1 N–H and O–H groups in total. The SMILES string of the molecule is Fc1cc2nc(C(F)(F)F)[nH]c2cc1C(F)(F)F. The molecular weight excluding hydrogens is 269 g/mol. The van der Waals surface area contributed by atoms with Gasteiger partial charge in [-0.2, -0.15) is 26.3 Å². The molecule has 0 bridgehead atoms. The van der Waals surface area contributed by atoms with Crippen molar-refractivity contribution in [2.45, 2.75) is 12.4 Å². The molecule has 2 rings (SSSR count). The summed E-state index contributed by atoms with van der Waals surface area (Å²) in [4.78, 5) is 4.65. The van der Waals surface area contributed by atoms with Gasteiger partial charge in [0.25, 0.3) is 0 Å². The zero-order valence-electron chi connectivity index (χ0n) is 8.25. The van der Waals surface area contributed by atoms with Gasteiger partial charge in [-0.1, -0.05) is 0 Å². The molecule has 2 aromatic rings. The molecule has 0 spiro atoms. The Hall–Kier alpha value is -1.80. The van der Waals surface area contributed by atoms with Gasteiger partial charge in [-0.05, 0) is 6.07 Å². The molecule has 0 unspecified atom stereocenters. The fraction of sp³-hybridized carbons (Fsp3) is 0.222. The molecule has 98 valence electrons. The minimum absolute atomic E-state index is 0.257. The quantitative estimate of drug-likeness (QED) is 0.727. The summed E-state index contributed by atoms with van der Waals surface area (Å²) in [7, 11) is 0. The van der Waals surface area contributed by atoms with Crippen molar-refractivity contribution in [3.63, 3.8) is 0 Å². The highest BCUT2D eigenvalue weighted by molar-refractivity contribution is 5.76. The van der Waals surface area contributed by atoms with Gasteiger partial charge in [0.15, 0.2) is 0 Å². The molecule has 0 fully saturated rings. The van der Waals surface area contributed by atoms with E-state index in [2.05, 4.69) is 4.98 Å². The Labute approximate surface area is 94.4 Å². The van der Waals surface area contributed by atoms with Crippen LogP contribution < -0.4 is 0 Å². The zero-order chi connectivity index (χ0) is 13.7. The molecule has 0 radical (unpaired) electrons. The number of fused-ring (bicyclic) bond motifs is 1. The zero-order valence-corrected chi connectivity index (χ0v) is 8.25. The molecule has 9 heteroatoms. The first-order valence-corrected chi connectivity index (χ1v) is 4.42. The Morgan fingerprint density at radius 1 is 0.944 bits per heavy atom. The molecule has 0 atom stereocenters. The number of alkyl halides is 6. The lowest BCUT2D eigenvalue weighted by atomic mass is 10.2. The monoisotopic (exact) mass is 272 g/mol. The van der Waals surface area contributed by atoms with Gasteiger partial charge in [-0.25, -0.2) is 9.37 Å². The molecule has 18 heavy (non-hydrogen) atoms. The summed E-state index contributed by atoms with van der Waals surface area (Å²) in [6.45, 7) is 0.